The fourth-order valence-corrected chi connectivity index (χ4v) is 3.04. The molecule has 1 fully saturated rings. The van der Waals surface area contributed by atoms with Crippen LogP contribution in [0.1, 0.15) is 32.6 Å². The predicted octanol–water partition coefficient (Wildman–Crippen LogP) is 1.51. The van der Waals surface area contributed by atoms with Crippen LogP contribution in [0.2, 0.25) is 0 Å². The highest BCUT2D eigenvalue weighted by Gasteiger charge is 2.39. The van der Waals surface area contributed by atoms with Crippen LogP contribution in [-0.2, 0) is 0 Å². The fraction of sp³-hybridized carbons (Fsp3) is 0.909. The van der Waals surface area contributed by atoms with E-state index in [0.717, 1.165) is 31.4 Å². The summed E-state index contributed by atoms with van der Waals surface area (Å²) in [5, 5.41) is 18.2. The normalized spacial score (nSPS) is 32.5. The van der Waals surface area contributed by atoms with Crippen molar-refractivity contribution in [3.05, 3.63) is 0 Å². The summed E-state index contributed by atoms with van der Waals surface area (Å²) in [6.07, 6.45) is 4.00. The fourth-order valence-electron chi connectivity index (χ4n) is 2.12. The lowest BCUT2D eigenvalue weighted by Crippen LogP contribution is -2.42. The van der Waals surface area contributed by atoms with E-state index in [9.17, 15) is 0 Å². The van der Waals surface area contributed by atoms with E-state index in [1.807, 2.05) is 6.92 Å². The summed E-state index contributed by atoms with van der Waals surface area (Å²) in [7, 11) is 0. The van der Waals surface area contributed by atoms with Crippen LogP contribution in [0.5, 0.6) is 0 Å². The molecule has 15 heavy (non-hydrogen) atoms. The Labute approximate surface area is 96.0 Å². The first-order valence-corrected chi connectivity index (χ1v) is 6.60. The van der Waals surface area contributed by atoms with Gasteiger partial charge in [0.15, 0.2) is 0 Å². The minimum Gasteiger partial charge on any atom is -0.395 e. The van der Waals surface area contributed by atoms with E-state index in [1.165, 1.54) is 0 Å². The van der Waals surface area contributed by atoms with E-state index in [1.54, 1.807) is 11.8 Å². The van der Waals surface area contributed by atoms with Crippen LogP contribution >= 0.6 is 11.8 Å². The minimum atomic E-state index is -0.580. The summed E-state index contributed by atoms with van der Waals surface area (Å²) in [6.45, 7) is 2.24. The average Bonchev–Trinajstić information content (AvgIpc) is 2.61. The molecule has 3 atom stereocenters. The van der Waals surface area contributed by atoms with Gasteiger partial charge >= 0.3 is 0 Å². The van der Waals surface area contributed by atoms with Crippen LogP contribution in [0.15, 0.2) is 0 Å². The van der Waals surface area contributed by atoms with Gasteiger partial charge in [-0.3, -0.25) is 0 Å². The van der Waals surface area contributed by atoms with Crippen molar-refractivity contribution in [3.8, 4) is 6.07 Å². The lowest BCUT2D eigenvalue weighted by atomic mass is 9.88. The van der Waals surface area contributed by atoms with Gasteiger partial charge in [-0.2, -0.15) is 17.0 Å². The van der Waals surface area contributed by atoms with Crippen LogP contribution in [-0.4, -0.2) is 28.3 Å². The molecule has 4 heteroatoms. The maximum atomic E-state index is 9.03. The summed E-state index contributed by atoms with van der Waals surface area (Å²) in [5.74, 6) is 1.34. The molecule has 0 aromatic rings. The largest absolute Gasteiger partial charge is 0.395 e. The van der Waals surface area contributed by atoms with Crippen LogP contribution in [0.3, 0.4) is 0 Å². The SMILES string of the molecule is CC(CO)SCCC1CCCC1(N)C#N. The second kappa shape index (κ2) is 5.74. The zero-order chi connectivity index (χ0) is 11.3. The van der Waals surface area contributed by atoms with Crippen molar-refractivity contribution < 1.29 is 5.11 Å². The van der Waals surface area contributed by atoms with Crippen molar-refractivity contribution in [2.45, 2.75) is 43.4 Å². The number of hydrogen-bond donors (Lipinski definition) is 2. The quantitative estimate of drug-likeness (QED) is 0.748. The number of aliphatic hydroxyl groups is 1. The van der Waals surface area contributed by atoms with Gasteiger partial charge in [0.1, 0.15) is 5.54 Å². The van der Waals surface area contributed by atoms with Crippen LogP contribution < -0.4 is 5.73 Å². The lowest BCUT2D eigenvalue weighted by Gasteiger charge is -2.23. The van der Waals surface area contributed by atoms with Crippen molar-refractivity contribution in [2.24, 2.45) is 11.7 Å². The third-order valence-electron chi connectivity index (χ3n) is 3.21. The molecule has 0 aromatic heterocycles. The molecule has 3 N–H and O–H groups in total. The Bertz CT molecular complexity index is 241. The molecule has 0 radical (unpaired) electrons. The van der Waals surface area contributed by atoms with E-state index in [0.29, 0.717) is 11.2 Å². The van der Waals surface area contributed by atoms with Crippen LogP contribution in [0.4, 0.5) is 0 Å². The number of aliphatic hydroxyl groups excluding tert-OH is 1. The standard InChI is InChI=1S/C11H20N2OS/c1-9(7-14)15-6-4-10-3-2-5-11(10,13)8-12/h9-10,14H,2-7,13H2,1H3. The summed E-state index contributed by atoms with van der Waals surface area (Å²) in [5.41, 5.74) is 5.45. The molecule has 1 aliphatic carbocycles. The van der Waals surface area contributed by atoms with E-state index in [4.69, 9.17) is 16.1 Å². The van der Waals surface area contributed by atoms with E-state index >= 15 is 0 Å². The van der Waals surface area contributed by atoms with Gasteiger partial charge < -0.3 is 10.8 Å². The monoisotopic (exact) mass is 228 g/mol. The molecule has 0 aliphatic heterocycles. The van der Waals surface area contributed by atoms with Crippen molar-refractivity contribution in [1.29, 1.82) is 5.26 Å². The molecule has 0 spiro atoms. The molecule has 0 amide bonds. The average molecular weight is 228 g/mol. The number of nitrogens with zero attached hydrogens (tertiary/aromatic N) is 1. The third-order valence-corrected chi connectivity index (χ3v) is 4.39. The van der Waals surface area contributed by atoms with Gasteiger partial charge in [0.25, 0.3) is 0 Å². The molecular formula is C11H20N2OS. The summed E-state index contributed by atoms with van der Waals surface area (Å²) in [6, 6.07) is 2.26. The highest BCUT2D eigenvalue weighted by atomic mass is 32.2. The van der Waals surface area contributed by atoms with Crippen LogP contribution in [0, 0.1) is 17.2 Å². The van der Waals surface area contributed by atoms with Crippen molar-refractivity contribution >= 4 is 11.8 Å². The highest BCUT2D eigenvalue weighted by molar-refractivity contribution is 7.99. The zero-order valence-corrected chi connectivity index (χ0v) is 10.1. The number of rotatable bonds is 5. The molecule has 1 aliphatic rings. The van der Waals surface area contributed by atoms with Gasteiger partial charge in [0.2, 0.25) is 0 Å². The topological polar surface area (TPSA) is 70.0 Å². The Hall–Kier alpha value is -0.240. The first kappa shape index (κ1) is 12.8. The Balaban J connectivity index is 2.30. The molecule has 3 unspecified atom stereocenters. The smallest absolute Gasteiger partial charge is 0.107 e. The minimum absolute atomic E-state index is 0.224. The van der Waals surface area contributed by atoms with Crippen LogP contribution in [0.25, 0.3) is 0 Å². The van der Waals surface area contributed by atoms with Crippen molar-refractivity contribution in [3.63, 3.8) is 0 Å². The maximum Gasteiger partial charge on any atom is 0.107 e. The second-order valence-electron chi connectivity index (χ2n) is 4.39. The Morgan fingerprint density at radius 3 is 3.07 bits per heavy atom. The number of hydrogen-bond acceptors (Lipinski definition) is 4. The summed E-state index contributed by atoms with van der Waals surface area (Å²) in [4.78, 5) is 0. The van der Waals surface area contributed by atoms with E-state index in [-0.39, 0.29) is 6.61 Å². The molecule has 86 valence electrons. The van der Waals surface area contributed by atoms with Gasteiger partial charge in [0.05, 0.1) is 12.7 Å². The molecule has 1 rings (SSSR count). The highest BCUT2D eigenvalue weighted by Crippen LogP contribution is 2.36. The van der Waals surface area contributed by atoms with Gasteiger partial charge in [0, 0.05) is 5.25 Å². The zero-order valence-electron chi connectivity index (χ0n) is 9.28. The number of thioether (sulfide) groups is 1. The second-order valence-corrected chi connectivity index (χ2v) is 5.94. The van der Waals surface area contributed by atoms with Crippen molar-refractivity contribution in [2.75, 3.05) is 12.4 Å². The van der Waals surface area contributed by atoms with Crippen molar-refractivity contribution in [1.82, 2.24) is 0 Å². The molecule has 0 aromatic carbocycles. The third kappa shape index (κ3) is 3.37. The Kier molecular flexibility index (Phi) is 4.91. The maximum absolute atomic E-state index is 9.03. The number of nitriles is 1. The van der Waals surface area contributed by atoms with Gasteiger partial charge in [-0.25, -0.2) is 0 Å². The van der Waals surface area contributed by atoms with Gasteiger partial charge in [-0.15, -0.1) is 0 Å². The summed E-state index contributed by atoms with van der Waals surface area (Å²) < 4.78 is 0. The molecule has 0 heterocycles. The molecule has 0 saturated heterocycles. The van der Waals surface area contributed by atoms with Gasteiger partial charge in [-0.1, -0.05) is 13.3 Å². The number of nitrogens with two attached hydrogens (primary N) is 1. The molecular weight excluding hydrogens is 208 g/mol. The first-order valence-electron chi connectivity index (χ1n) is 5.55. The summed E-state index contributed by atoms with van der Waals surface area (Å²) >= 11 is 1.76. The Morgan fingerprint density at radius 1 is 1.73 bits per heavy atom. The molecule has 1 saturated carbocycles. The van der Waals surface area contributed by atoms with E-state index in [2.05, 4.69) is 6.07 Å². The predicted molar refractivity (Wildman–Crippen MR) is 63.5 cm³/mol. The first-order chi connectivity index (χ1) is 7.12. The molecule has 0 bridgehead atoms. The van der Waals surface area contributed by atoms with Gasteiger partial charge in [-0.05, 0) is 30.9 Å². The Morgan fingerprint density at radius 2 is 2.47 bits per heavy atom. The lowest BCUT2D eigenvalue weighted by molar-refractivity contribution is 0.300. The molecule has 3 nitrogen and oxygen atoms in total. The van der Waals surface area contributed by atoms with E-state index < -0.39 is 5.54 Å².